The van der Waals surface area contributed by atoms with Gasteiger partial charge in [-0.05, 0) is 30.2 Å². The second-order valence-electron chi connectivity index (χ2n) is 7.80. The Bertz CT molecular complexity index is 1320. The minimum atomic E-state index is -0.418. The molecule has 5 rings (SSSR count). The molecule has 33 heavy (non-hydrogen) atoms. The number of halogens is 1. The highest BCUT2D eigenvalue weighted by molar-refractivity contribution is 6.30. The molecule has 0 spiro atoms. The molecule has 1 N–H and O–H groups in total. The number of nitrogens with zero attached hydrogens (tertiary/aromatic N) is 3. The van der Waals surface area contributed by atoms with Crippen LogP contribution in [0, 0.1) is 0 Å². The van der Waals surface area contributed by atoms with Gasteiger partial charge in [0.2, 0.25) is 5.82 Å². The lowest BCUT2D eigenvalue weighted by atomic mass is 9.94. The maximum absolute atomic E-state index is 13.1. The van der Waals surface area contributed by atoms with Crippen LogP contribution < -0.4 is 5.32 Å². The van der Waals surface area contributed by atoms with Gasteiger partial charge in [-0.1, -0.05) is 89.6 Å². The summed E-state index contributed by atoms with van der Waals surface area (Å²) in [4.78, 5) is 19.5. The predicted molar refractivity (Wildman–Crippen MR) is 127 cm³/mol. The Kier molecular flexibility index (Phi) is 5.67. The number of allylic oxidation sites excluding steroid dienone is 1. The number of nitrogens with one attached hydrogen (secondary N) is 1. The van der Waals surface area contributed by atoms with E-state index in [2.05, 4.69) is 15.5 Å². The first-order chi connectivity index (χ1) is 16.1. The zero-order valence-electron chi connectivity index (χ0n) is 17.9. The van der Waals surface area contributed by atoms with Crippen LogP contribution in [0.4, 0.5) is 4.79 Å². The van der Waals surface area contributed by atoms with E-state index < -0.39 is 6.04 Å². The van der Waals surface area contributed by atoms with Crippen LogP contribution in [0.1, 0.15) is 30.0 Å². The van der Waals surface area contributed by atoms with E-state index in [1.807, 2.05) is 79.7 Å². The molecule has 0 saturated heterocycles. The van der Waals surface area contributed by atoms with Crippen molar-refractivity contribution in [3.05, 3.63) is 113 Å². The van der Waals surface area contributed by atoms with Crippen molar-refractivity contribution in [2.75, 3.05) is 0 Å². The second kappa shape index (κ2) is 8.92. The standard InChI is InChI=1S/C26H21ClN4O2/c1-17-22(25-29-24(30-33-25)20-13-8-14-21(27)15-20)23(19-11-6-3-7-12-19)28-26(32)31(17)16-18-9-4-2-5-10-18/h2-15,23H,16H2,1H3,(H,28,32). The van der Waals surface area contributed by atoms with Crippen molar-refractivity contribution in [2.45, 2.75) is 19.5 Å². The lowest BCUT2D eigenvalue weighted by molar-refractivity contribution is 0.203. The Morgan fingerprint density at radius 1 is 1.00 bits per heavy atom. The number of benzene rings is 3. The van der Waals surface area contributed by atoms with Crippen LogP contribution in [0.15, 0.2) is 95.1 Å². The van der Waals surface area contributed by atoms with Gasteiger partial charge >= 0.3 is 6.03 Å². The fourth-order valence-corrected chi connectivity index (χ4v) is 4.18. The van der Waals surface area contributed by atoms with Crippen molar-refractivity contribution in [3.63, 3.8) is 0 Å². The Morgan fingerprint density at radius 3 is 2.45 bits per heavy atom. The van der Waals surface area contributed by atoms with Crippen LogP contribution in [0.25, 0.3) is 17.0 Å². The fourth-order valence-electron chi connectivity index (χ4n) is 3.99. The average Bonchev–Trinajstić information content (AvgIpc) is 3.32. The number of urea groups is 1. The minimum absolute atomic E-state index is 0.177. The van der Waals surface area contributed by atoms with Crippen molar-refractivity contribution < 1.29 is 9.32 Å². The summed E-state index contributed by atoms with van der Waals surface area (Å²) in [5.41, 5.74) is 4.24. The number of amides is 2. The van der Waals surface area contributed by atoms with E-state index in [-0.39, 0.29) is 6.03 Å². The van der Waals surface area contributed by atoms with E-state index in [0.717, 1.165) is 28.0 Å². The van der Waals surface area contributed by atoms with Gasteiger partial charge in [0.1, 0.15) is 0 Å². The van der Waals surface area contributed by atoms with Crippen molar-refractivity contribution >= 4 is 23.2 Å². The molecule has 164 valence electrons. The number of carbonyl (C=O) groups excluding carboxylic acids is 1. The van der Waals surface area contributed by atoms with Gasteiger partial charge in [-0.15, -0.1) is 0 Å². The molecule has 1 aromatic heterocycles. The molecule has 3 aromatic carbocycles. The lowest BCUT2D eigenvalue weighted by Gasteiger charge is -2.35. The molecule has 1 atom stereocenters. The van der Waals surface area contributed by atoms with Gasteiger partial charge < -0.3 is 9.84 Å². The maximum Gasteiger partial charge on any atom is 0.322 e. The Hall–Kier alpha value is -3.90. The van der Waals surface area contributed by atoms with Crippen LogP contribution in [-0.2, 0) is 6.54 Å². The fraction of sp³-hybridized carbons (Fsp3) is 0.115. The van der Waals surface area contributed by atoms with E-state index in [4.69, 9.17) is 16.1 Å². The third-order valence-electron chi connectivity index (χ3n) is 5.65. The third-order valence-corrected chi connectivity index (χ3v) is 5.89. The highest BCUT2D eigenvalue weighted by Gasteiger charge is 2.35. The molecule has 0 saturated carbocycles. The molecule has 7 heteroatoms. The van der Waals surface area contributed by atoms with Crippen molar-refractivity contribution in [1.29, 1.82) is 0 Å². The number of hydrogen-bond donors (Lipinski definition) is 1. The summed E-state index contributed by atoms with van der Waals surface area (Å²) in [5, 5.41) is 7.90. The summed E-state index contributed by atoms with van der Waals surface area (Å²) in [6.07, 6.45) is 0. The summed E-state index contributed by atoms with van der Waals surface area (Å²) in [6.45, 7) is 2.34. The average molecular weight is 457 g/mol. The van der Waals surface area contributed by atoms with E-state index >= 15 is 0 Å². The molecular weight excluding hydrogens is 436 g/mol. The van der Waals surface area contributed by atoms with E-state index in [0.29, 0.717) is 23.3 Å². The number of aromatic nitrogens is 2. The van der Waals surface area contributed by atoms with Crippen LogP contribution in [-0.4, -0.2) is 21.1 Å². The third kappa shape index (κ3) is 4.25. The van der Waals surface area contributed by atoms with E-state index in [1.54, 1.807) is 17.0 Å². The van der Waals surface area contributed by atoms with Crippen LogP contribution in [0.3, 0.4) is 0 Å². The van der Waals surface area contributed by atoms with Gasteiger partial charge in [-0.2, -0.15) is 4.98 Å². The number of hydrogen-bond acceptors (Lipinski definition) is 4. The minimum Gasteiger partial charge on any atom is -0.334 e. The molecule has 1 unspecified atom stereocenters. The summed E-state index contributed by atoms with van der Waals surface area (Å²) >= 11 is 6.14. The lowest BCUT2D eigenvalue weighted by Crippen LogP contribution is -2.45. The maximum atomic E-state index is 13.1. The molecule has 1 aliphatic heterocycles. The normalized spacial score (nSPS) is 16.1. The zero-order chi connectivity index (χ0) is 22.8. The van der Waals surface area contributed by atoms with Crippen LogP contribution in [0.2, 0.25) is 5.02 Å². The first-order valence-electron chi connectivity index (χ1n) is 10.6. The van der Waals surface area contributed by atoms with E-state index in [1.165, 1.54) is 0 Å². The van der Waals surface area contributed by atoms with Crippen LogP contribution in [0.5, 0.6) is 0 Å². The highest BCUT2D eigenvalue weighted by atomic mass is 35.5. The summed E-state index contributed by atoms with van der Waals surface area (Å²) in [5.74, 6) is 0.792. The van der Waals surface area contributed by atoms with Crippen molar-refractivity contribution in [1.82, 2.24) is 20.4 Å². The second-order valence-corrected chi connectivity index (χ2v) is 8.23. The molecule has 2 heterocycles. The SMILES string of the molecule is CC1=C(c2nc(-c3cccc(Cl)c3)no2)C(c2ccccc2)NC(=O)N1Cc1ccccc1. The smallest absolute Gasteiger partial charge is 0.322 e. The van der Waals surface area contributed by atoms with Crippen LogP contribution >= 0.6 is 11.6 Å². The highest BCUT2D eigenvalue weighted by Crippen LogP contribution is 2.37. The number of carbonyl (C=O) groups is 1. The zero-order valence-corrected chi connectivity index (χ0v) is 18.7. The molecule has 1 aliphatic rings. The molecule has 0 radical (unpaired) electrons. The molecule has 6 nitrogen and oxygen atoms in total. The largest absolute Gasteiger partial charge is 0.334 e. The molecule has 2 amide bonds. The molecular formula is C26H21ClN4O2. The first-order valence-corrected chi connectivity index (χ1v) is 11.0. The summed E-state index contributed by atoms with van der Waals surface area (Å²) in [6, 6.07) is 26.3. The van der Waals surface area contributed by atoms with Crippen molar-refractivity contribution in [3.8, 4) is 11.4 Å². The first kappa shape index (κ1) is 21.0. The topological polar surface area (TPSA) is 71.3 Å². The molecule has 0 fully saturated rings. The molecule has 0 aliphatic carbocycles. The predicted octanol–water partition coefficient (Wildman–Crippen LogP) is 6.09. The summed E-state index contributed by atoms with van der Waals surface area (Å²) < 4.78 is 5.71. The number of rotatable bonds is 5. The Labute approximate surface area is 196 Å². The Morgan fingerprint density at radius 2 is 1.73 bits per heavy atom. The van der Waals surface area contributed by atoms with Gasteiger partial charge in [0, 0.05) is 16.3 Å². The Balaban J connectivity index is 1.60. The van der Waals surface area contributed by atoms with Crippen molar-refractivity contribution in [2.24, 2.45) is 0 Å². The summed E-state index contributed by atoms with van der Waals surface area (Å²) in [7, 11) is 0. The van der Waals surface area contributed by atoms with Gasteiger partial charge in [-0.25, -0.2) is 4.79 Å². The quantitative estimate of drug-likeness (QED) is 0.394. The van der Waals surface area contributed by atoms with Gasteiger partial charge in [0.15, 0.2) is 0 Å². The van der Waals surface area contributed by atoms with Gasteiger partial charge in [0.05, 0.1) is 18.2 Å². The van der Waals surface area contributed by atoms with E-state index in [9.17, 15) is 4.79 Å². The molecule has 0 bridgehead atoms. The monoisotopic (exact) mass is 456 g/mol. The van der Waals surface area contributed by atoms with Gasteiger partial charge in [-0.3, -0.25) is 4.90 Å². The molecule has 4 aromatic rings. The van der Waals surface area contributed by atoms with Gasteiger partial charge in [0.25, 0.3) is 5.89 Å².